The maximum Gasteiger partial charge on any atom is 0.264 e. The van der Waals surface area contributed by atoms with E-state index in [-0.39, 0.29) is 11.5 Å². The average Bonchev–Trinajstić information content (AvgIpc) is 2.69. The van der Waals surface area contributed by atoms with Gasteiger partial charge in [0.25, 0.3) is 5.91 Å². The molecule has 0 aliphatic rings. The number of aromatic nitrogens is 3. The molecule has 0 atom stereocenters. The van der Waals surface area contributed by atoms with Gasteiger partial charge in [0.2, 0.25) is 0 Å². The number of imidazole rings is 1. The predicted octanol–water partition coefficient (Wildman–Crippen LogP) is 1.11. The molecule has 2 aromatic rings. The Morgan fingerprint density at radius 2 is 2.21 bits per heavy atom. The van der Waals surface area contributed by atoms with Crippen molar-refractivity contribution >= 4 is 5.91 Å². The van der Waals surface area contributed by atoms with Crippen molar-refractivity contribution < 1.29 is 9.18 Å². The Balaban J connectivity index is 2.37. The van der Waals surface area contributed by atoms with Gasteiger partial charge in [0.15, 0.2) is 0 Å². The number of nitrogens with zero attached hydrogens (tertiary/aromatic N) is 3. The first kappa shape index (κ1) is 8.55. The van der Waals surface area contributed by atoms with Crippen molar-refractivity contribution in [3.05, 3.63) is 48.6 Å². The Morgan fingerprint density at radius 1 is 1.36 bits per heavy atom. The van der Waals surface area contributed by atoms with E-state index in [0.717, 1.165) is 12.3 Å². The Labute approximate surface area is 79.0 Å². The summed E-state index contributed by atoms with van der Waals surface area (Å²) in [5.41, 5.74) is 0.197. The molecule has 0 amide bonds. The van der Waals surface area contributed by atoms with Crippen molar-refractivity contribution in [3.63, 3.8) is 0 Å². The topological polar surface area (TPSA) is 47.8 Å². The molecule has 0 fully saturated rings. The first-order valence-corrected chi connectivity index (χ1v) is 3.90. The second kappa shape index (κ2) is 3.37. The molecule has 0 N–H and O–H groups in total. The zero-order valence-electron chi connectivity index (χ0n) is 7.09. The summed E-state index contributed by atoms with van der Waals surface area (Å²) in [5.74, 6) is -0.884. The van der Waals surface area contributed by atoms with Gasteiger partial charge in [0.05, 0.1) is 11.8 Å². The van der Waals surface area contributed by atoms with Crippen molar-refractivity contribution in [1.29, 1.82) is 0 Å². The predicted molar refractivity (Wildman–Crippen MR) is 46.2 cm³/mol. The van der Waals surface area contributed by atoms with Crippen LogP contribution in [-0.4, -0.2) is 20.4 Å². The first-order chi connectivity index (χ1) is 6.77. The van der Waals surface area contributed by atoms with Crippen LogP contribution in [0.2, 0.25) is 0 Å². The lowest BCUT2D eigenvalue weighted by atomic mass is 10.2. The molecule has 0 bridgehead atoms. The number of hydrogen-bond donors (Lipinski definition) is 0. The molecular formula is C9H6FN3O. The van der Waals surface area contributed by atoms with Crippen molar-refractivity contribution in [2.75, 3.05) is 0 Å². The van der Waals surface area contributed by atoms with E-state index >= 15 is 0 Å². The van der Waals surface area contributed by atoms with E-state index in [9.17, 15) is 9.18 Å². The van der Waals surface area contributed by atoms with Crippen molar-refractivity contribution in [2.45, 2.75) is 0 Å². The normalized spacial score (nSPS) is 10.1. The summed E-state index contributed by atoms with van der Waals surface area (Å²) < 4.78 is 14.0. The molecular weight excluding hydrogens is 185 g/mol. The first-order valence-electron chi connectivity index (χ1n) is 3.90. The Morgan fingerprint density at radius 3 is 2.86 bits per heavy atom. The zero-order valence-corrected chi connectivity index (χ0v) is 7.09. The van der Waals surface area contributed by atoms with Gasteiger partial charge in [-0.15, -0.1) is 0 Å². The molecule has 5 heteroatoms. The minimum atomic E-state index is -0.532. The summed E-state index contributed by atoms with van der Waals surface area (Å²) in [4.78, 5) is 18.9. The number of hydrogen-bond acceptors (Lipinski definition) is 3. The average molecular weight is 191 g/mol. The standard InChI is InChI=1S/C9H6FN3O/c10-8-3-7(4-12-5-8)9(14)13-2-1-11-6-13/h1-6H. The zero-order chi connectivity index (χ0) is 9.97. The van der Waals surface area contributed by atoms with Gasteiger partial charge in [-0.05, 0) is 6.07 Å². The van der Waals surface area contributed by atoms with Crippen molar-refractivity contribution in [1.82, 2.24) is 14.5 Å². The highest BCUT2D eigenvalue weighted by atomic mass is 19.1. The molecule has 0 unspecified atom stereocenters. The van der Waals surface area contributed by atoms with Crippen LogP contribution in [0.4, 0.5) is 4.39 Å². The van der Waals surface area contributed by atoms with E-state index in [1.807, 2.05) is 0 Å². The van der Waals surface area contributed by atoms with Crippen LogP contribution in [0.1, 0.15) is 10.4 Å². The van der Waals surface area contributed by atoms with Crippen LogP contribution in [0.25, 0.3) is 0 Å². The summed E-state index contributed by atoms with van der Waals surface area (Å²) in [5, 5.41) is 0. The highest BCUT2D eigenvalue weighted by Crippen LogP contribution is 2.03. The molecule has 2 heterocycles. The molecule has 0 saturated carbocycles. The molecule has 4 nitrogen and oxygen atoms in total. The molecule has 14 heavy (non-hydrogen) atoms. The maximum absolute atomic E-state index is 12.7. The number of rotatable bonds is 1. The van der Waals surface area contributed by atoms with Gasteiger partial charge < -0.3 is 0 Å². The van der Waals surface area contributed by atoms with Gasteiger partial charge in [-0.1, -0.05) is 0 Å². The Bertz CT molecular complexity index is 453. The largest absolute Gasteiger partial charge is 0.272 e. The maximum atomic E-state index is 12.7. The Hall–Kier alpha value is -2.04. The number of carbonyl (C=O) groups excluding carboxylic acids is 1. The van der Waals surface area contributed by atoms with Gasteiger partial charge in [0, 0.05) is 18.6 Å². The van der Waals surface area contributed by atoms with Crippen LogP contribution in [0.15, 0.2) is 37.2 Å². The highest BCUT2D eigenvalue weighted by molar-refractivity contribution is 5.95. The van der Waals surface area contributed by atoms with Gasteiger partial charge >= 0.3 is 0 Å². The van der Waals surface area contributed by atoms with E-state index < -0.39 is 5.82 Å². The quantitative estimate of drug-likeness (QED) is 0.678. The van der Waals surface area contributed by atoms with E-state index in [2.05, 4.69) is 9.97 Å². The molecule has 0 radical (unpaired) electrons. The fraction of sp³-hybridized carbons (Fsp3) is 0. The van der Waals surface area contributed by atoms with E-state index in [1.54, 1.807) is 0 Å². The second-order valence-electron chi connectivity index (χ2n) is 2.67. The number of carbonyl (C=O) groups is 1. The highest BCUT2D eigenvalue weighted by Gasteiger charge is 2.08. The van der Waals surface area contributed by atoms with Gasteiger partial charge in [-0.2, -0.15) is 0 Å². The van der Waals surface area contributed by atoms with E-state index in [4.69, 9.17) is 0 Å². The third kappa shape index (κ3) is 1.52. The monoisotopic (exact) mass is 191 g/mol. The summed E-state index contributed by atoms with van der Waals surface area (Å²) >= 11 is 0. The molecule has 0 spiro atoms. The minimum Gasteiger partial charge on any atom is -0.272 e. The van der Waals surface area contributed by atoms with Crippen LogP contribution in [-0.2, 0) is 0 Å². The van der Waals surface area contributed by atoms with Crippen LogP contribution in [0.5, 0.6) is 0 Å². The van der Waals surface area contributed by atoms with Crippen molar-refractivity contribution in [2.24, 2.45) is 0 Å². The molecule has 70 valence electrons. The molecule has 2 rings (SSSR count). The molecule has 0 saturated heterocycles. The van der Waals surface area contributed by atoms with Crippen molar-refractivity contribution in [3.8, 4) is 0 Å². The SMILES string of the molecule is O=C(c1cncc(F)c1)n1ccnc1. The summed E-state index contributed by atoms with van der Waals surface area (Å²) in [6.45, 7) is 0. The van der Waals surface area contributed by atoms with Gasteiger partial charge in [-0.3, -0.25) is 14.3 Å². The van der Waals surface area contributed by atoms with Gasteiger partial charge in [0.1, 0.15) is 12.1 Å². The fourth-order valence-corrected chi connectivity index (χ4v) is 1.06. The fourth-order valence-electron chi connectivity index (χ4n) is 1.06. The second-order valence-corrected chi connectivity index (χ2v) is 2.67. The van der Waals surface area contributed by atoms with Crippen LogP contribution in [0.3, 0.4) is 0 Å². The molecule has 0 aliphatic heterocycles. The van der Waals surface area contributed by atoms with Crippen LogP contribution in [0, 0.1) is 5.82 Å². The third-order valence-corrected chi connectivity index (χ3v) is 1.69. The van der Waals surface area contributed by atoms with Crippen LogP contribution < -0.4 is 0 Å². The van der Waals surface area contributed by atoms with Crippen LogP contribution >= 0.6 is 0 Å². The summed E-state index contributed by atoms with van der Waals surface area (Å²) in [6, 6.07) is 1.13. The van der Waals surface area contributed by atoms with Gasteiger partial charge in [-0.25, -0.2) is 9.37 Å². The smallest absolute Gasteiger partial charge is 0.264 e. The summed E-state index contributed by atoms with van der Waals surface area (Å²) in [6.07, 6.45) is 6.68. The lowest BCUT2D eigenvalue weighted by Gasteiger charge is -1.99. The molecule has 2 aromatic heterocycles. The molecule has 0 aliphatic carbocycles. The van der Waals surface area contributed by atoms with E-state index in [0.29, 0.717) is 0 Å². The lowest BCUT2D eigenvalue weighted by molar-refractivity contribution is 0.0959. The number of pyridine rings is 1. The third-order valence-electron chi connectivity index (χ3n) is 1.69. The minimum absolute atomic E-state index is 0.197. The Kier molecular flexibility index (Phi) is 2.06. The lowest BCUT2D eigenvalue weighted by Crippen LogP contribution is -2.10. The molecule has 0 aromatic carbocycles. The van der Waals surface area contributed by atoms with E-state index in [1.165, 1.54) is 29.5 Å². The number of halogens is 1. The summed E-state index contributed by atoms with van der Waals surface area (Å²) in [7, 11) is 0.